The van der Waals surface area contributed by atoms with Gasteiger partial charge < -0.3 is 10.2 Å². The Morgan fingerprint density at radius 1 is 1.03 bits per heavy atom. The average Bonchev–Trinajstić information content (AvgIpc) is 3.24. The van der Waals surface area contributed by atoms with Gasteiger partial charge in [-0.3, -0.25) is 14.5 Å². The second-order valence-corrected chi connectivity index (χ2v) is 8.29. The largest absolute Gasteiger partial charge is 0.341 e. The summed E-state index contributed by atoms with van der Waals surface area (Å²) >= 11 is 0. The average molecular weight is 392 g/mol. The number of hydrogen-bond donors (Lipinski definition) is 1. The first kappa shape index (κ1) is 19.6. The maximum Gasteiger partial charge on any atom is 0.240 e. The van der Waals surface area contributed by atoms with Crippen molar-refractivity contribution < 1.29 is 9.59 Å². The van der Waals surface area contributed by atoms with Gasteiger partial charge in [0.1, 0.15) is 0 Å². The Morgan fingerprint density at radius 3 is 2.52 bits per heavy atom. The monoisotopic (exact) mass is 391 g/mol. The molecule has 0 radical (unpaired) electrons. The second-order valence-electron chi connectivity index (χ2n) is 8.29. The van der Waals surface area contributed by atoms with Crippen LogP contribution in [0.15, 0.2) is 42.5 Å². The molecule has 2 aromatic rings. The molecular weight excluding hydrogens is 362 g/mol. The van der Waals surface area contributed by atoms with Crippen molar-refractivity contribution in [3.05, 3.63) is 64.7 Å². The number of anilines is 1. The van der Waals surface area contributed by atoms with Crippen LogP contribution in [0.3, 0.4) is 0 Å². The summed E-state index contributed by atoms with van der Waals surface area (Å²) < 4.78 is 0. The van der Waals surface area contributed by atoms with Crippen molar-refractivity contribution in [2.45, 2.75) is 45.7 Å². The molecule has 0 aromatic heterocycles. The van der Waals surface area contributed by atoms with Crippen molar-refractivity contribution in [3.63, 3.8) is 0 Å². The molecule has 0 aliphatic carbocycles. The zero-order chi connectivity index (χ0) is 20.4. The van der Waals surface area contributed by atoms with Crippen LogP contribution in [-0.4, -0.2) is 47.3 Å². The van der Waals surface area contributed by atoms with E-state index in [1.807, 2.05) is 54.0 Å². The SMILES string of the molecule is Cc1ccc(C)c(NC(=O)CN2Cc3ccccc3CC2C(=O)N2CCCC2)c1. The molecule has 2 aromatic carbocycles. The maximum atomic E-state index is 13.2. The van der Waals surface area contributed by atoms with Crippen molar-refractivity contribution in [1.82, 2.24) is 9.80 Å². The lowest BCUT2D eigenvalue weighted by Gasteiger charge is -2.37. The smallest absolute Gasteiger partial charge is 0.240 e. The van der Waals surface area contributed by atoms with Crippen LogP contribution in [0.4, 0.5) is 5.69 Å². The third-order valence-corrected chi connectivity index (χ3v) is 6.06. The van der Waals surface area contributed by atoms with Crippen LogP contribution in [0.25, 0.3) is 0 Å². The number of carbonyl (C=O) groups is 2. The van der Waals surface area contributed by atoms with Crippen LogP contribution in [0.1, 0.15) is 35.1 Å². The molecule has 1 fully saturated rings. The van der Waals surface area contributed by atoms with Gasteiger partial charge in [0, 0.05) is 25.3 Å². The summed E-state index contributed by atoms with van der Waals surface area (Å²) in [4.78, 5) is 30.1. The number of amides is 2. The molecule has 1 N–H and O–H groups in total. The fourth-order valence-electron chi connectivity index (χ4n) is 4.38. The molecule has 2 amide bonds. The number of benzene rings is 2. The Bertz CT molecular complexity index is 918. The minimum absolute atomic E-state index is 0.0719. The third-order valence-electron chi connectivity index (χ3n) is 6.06. The lowest BCUT2D eigenvalue weighted by Crippen LogP contribution is -2.52. The number of carbonyl (C=O) groups excluding carboxylic acids is 2. The van der Waals surface area contributed by atoms with Gasteiger partial charge in [-0.1, -0.05) is 36.4 Å². The van der Waals surface area contributed by atoms with Crippen molar-refractivity contribution in [2.24, 2.45) is 0 Å². The van der Waals surface area contributed by atoms with Gasteiger partial charge in [0.2, 0.25) is 11.8 Å². The van der Waals surface area contributed by atoms with Crippen LogP contribution in [0.2, 0.25) is 0 Å². The molecule has 0 spiro atoms. The molecule has 1 atom stereocenters. The third kappa shape index (κ3) is 4.35. The van der Waals surface area contributed by atoms with E-state index in [1.165, 1.54) is 11.1 Å². The molecule has 2 aliphatic heterocycles. The standard InChI is InChI=1S/C24H29N3O2/c1-17-9-10-18(2)21(13-17)25-23(28)16-27-15-20-8-4-3-7-19(20)14-22(27)24(29)26-11-5-6-12-26/h3-4,7-10,13,22H,5-6,11-12,14-16H2,1-2H3,(H,25,28). The normalized spacial score (nSPS) is 19.1. The molecule has 5 heteroatoms. The molecule has 1 unspecified atom stereocenters. The van der Waals surface area contributed by atoms with Gasteiger partial charge in [-0.2, -0.15) is 0 Å². The van der Waals surface area contributed by atoms with E-state index in [1.54, 1.807) is 0 Å². The van der Waals surface area contributed by atoms with Gasteiger partial charge in [-0.05, 0) is 61.4 Å². The highest BCUT2D eigenvalue weighted by molar-refractivity contribution is 5.93. The molecule has 2 heterocycles. The first-order valence-corrected chi connectivity index (χ1v) is 10.5. The molecule has 4 rings (SSSR count). The molecule has 5 nitrogen and oxygen atoms in total. The summed E-state index contributed by atoms with van der Waals surface area (Å²) in [6.07, 6.45) is 2.81. The highest BCUT2D eigenvalue weighted by atomic mass is 16.2. The van der Waals surface area contributed by atoms with Crippen molar-refractivity contribution >= 4 is 17.5 Å². The predicted molar refractivity (Wildman–Crippen MR) is 115 cm³/mol. The van der Waals surface area contributed by atoms with Crippen LogP contribution in [0, 0.1) is 13.8 Å². The van der Waals surface area contributed by atoms with E-state index in [4.69, 9.17) is 0 Å². The minimum atomic E-state index is -0.271. The van der Waals surface area contributed by atoms with E-state index in [2.05, 4.69) is 17.4 Å². The van der Waals surface area contributed by atoms with Gasteiger partial charge in [0.25, 0.3) is 0 Å². The molecule has 29 heavy (non-hydrogen) atoms. The summed E-state index contributed by atoms with van der Waals surface area (Å²) in [7, 11) is 0. The zero-order valence-electron chi connectivity index (χ0n) is 17.3. The lowest BCUT2D eigenvalue weighted by molar-refractivity contribution is -0.137. The second kappa shape index (κ2) is 8.37. The van der Waals surface area contributed by atoms with E-state index in [0.717, 1.165) is 42.7 Å². The Hall–Kier alpha value is -2.66. The molecule has 0 saturated carbocycles. The van der Waals surface area contributed by atoms with Crippen molar-refractivity contribution in [3.8, 4) is 0 Å². The van der Waals surface area contributed by atoms with Crippen LogP contribution >= 0.6 is 0 Å². The summed E-state index contributed by atoms with van der Waals surface area (Å²) in [6, 6.07) is 14.0. The highest BCUT2D eigenvalue weighted by Gasteiger charge is 2.35. The van der Waals surface area contributed by atoms with E-state index in [9.17, 15) is 9.59 Å². The van der Waals surface area contributed by atoms with E-state index < -0.39 is 0 Å². The number of aryl methyl sites for hydroxylation is 2. The van der Waals surface area contributed by atoms with E-state index in [0.29, 0.717) is 13.0 Å². The number of fused-ring (bicyclic) bond motifs is 1. The van der Waals surface area contributed by atoms with E-state index >= 15 is 0 Å². The van der Waals surface area contributed by atoms with Gasteiger partial charge in [0.05, 0.1) is 12.6 Å². The van der Waals surface area contributed by atoms with Gasteiger partial charge in [-0.25, -0.2) is 0 Å². The summed E-state index contributed by atoms with van der Waals surface area (Å²) in [6.45, 7) is 6.51. The summed E-state index contributed by atoms with van der Waals surface area (Å²) in [5, 5.41) is 3.05. The Balaban J connectivity index is 1.53. The predicted octanol–water partition coefficient (Wildman–Crippen LogP) is 3.29. The van der Waals surface area contributed by atoms with Crippen LogP contribution < -0.4 is 5.32 Å². The first-order valence-electron chi connectivity index (χ1n) is 10.5. The van der Waals surface area contributed by atoms with Crippen molar-refractivity contribution in [1.29, 1.82) is 0 Å². The number of hydrogen-bond acceptors (Lipinski definition) is 3. The molecule has 152 valence electrons. The zero-order valence-corrected chi connectivity index (χ0v) is 17.3. The minimum Gasteiger partial charge on any atom is -0.341 e. The molecule has 0 bridgehead atoms. The van der Waals surface area contributed by atoms with Crippen LogP contribution in [-0.2, 0) is 22.6 Å². The lowest BCUT2D eigenvalue weighted by atomic mass is 9.93. The van der Waals surface area contributed by atoms with Gasteiger partial charge >= 0.3 is 0 Å². The quantitative estimate of drug-likeness (QED) is 0.870. The topological polar surface area (TPSA) is 52.7 Å². The number of rotatable bonds is 4. The Morgan fingerprint density at radius 2 is 1.76 bits per heavy atom. The number of nitrogens with zero attached hydrogens (tertiary/aromatic N) is 2. The fraction of sp³-hybridized carbons (Fsp3) is 0.417. The van der Waals surface area contributed by atoms with Crippen molar-refractivity contribution in [2.75, 3.05) is 25.0 Å². The van der Waals surface area contributed by atoms with E-state index in [-0.39, 0.29) is 24.4 Å². The molecular formula is C24H29N3O2. The maximum absolute atomic E-state index is 13.2. The molecule has 1 saturated heterocycles. The van der Waals surface area contributed by atoms with Crippen LogP contribution in [0.5, 0.6) is 0 Å². The summed E-state index contributed by atoms with van der Waals surface area (Å²) in [5.74, 6) is 0.0915. The Labute approximate surface area is 172 Å². The van der Waals surface area contributed by atoms with Gasteiger partial charge in [0.15, 0.2) is 0 Å². The molecule has 2 aliphatic rings. The Kier molecular flexibility index (Phi) is 5.67. The first-order chi connectivity index (χ1) is 14.0. The van der Waals surface area contributed by atoms with Gasteiger partial charge in [-0.15, -0.1) is 0 Å². The fourth-order valence-corrected chi connectivity index (χ4v) is 4.38. The highest BCUT2D eigenvalue weighted by Crippen LogP contribution is 2.26. The number of nitrogens with one attached hydrogen (secondary N) is 1. The number of likely N-dealkylation sites (tertiary alicyclic amines) is 1. The summed E-state index contributed by atoms with van der Waals surface area (Å²) in [5.41, 5.74) is 5.42.